The Kier molecular flexibility index (Phi) is 6.41. The molecule has 0 unspecified atom stereocenters. The summed E-state index contributed by atoms with van der Waals surface area (Å²) in [6.45, 7) is 2.41. The number of nitrogens with zero attached hydrogens (tertiary/aromatic N) is 1. The van der Waals surface area contributed by atoms with Gasteiger partial charge in [-0.3, -0.25) is 9.10 Å². The maximum atomic E-state index is 12.2. The fourth-order valence-corrected chi connectivity index (χ4v) is 3.28. The van der Waals surface area contributed by atoms with Gasteiger partial charge < -0.3 is 10.1 Å². The first-order valence-corrected chi connectivity index (χ1v) is 9.81. The van der Waals surface area contributed by atoms with Crippen LogP contribution < -0.4 is 14.4 Å². The van der Waals surface area contributed by atoms with Crippen molar-refractivity contribution in [2.75, 3.05) is 29.0 Å². The molecule has 0 heterocycles. The van der Waals surface area contributed by atoms with Gasteiger partial charge in [-0.1, -0.05) is 30.3 Å². The van der Waals surface area contributed by atoms with Gasteiger partial charge in [0.1, 0.15) is 5.75 Å². The quantitative estimate of drug-likeness (QED) is 0.783. The SMILES string of the molecule is CCOc1ccccc1NC(=O)CCN(c1ccccc1)S(C)(=O)=O. The Bertz CT molecular complexity index is 807. The minimum atomic E-state index is -3.47. The van der Waals surface area contributed by atoms with E-state index < -0.39 is 10.0 Å². The number of carbonyl (C=O) groups excluding carboxylic acids is 1. The second kappa shape index (κ2) is 8.53. The van der Waals surface area contributed by atoms with Crippen molar-refractivity contribution in [3.63, 3.8) is 0 Å². The van der Waals surface area contributed by atoms with Crippen LogP contribution in [-0.2, 0) is 14.8 Å². The van der Waals surface area contributed by atoms with Crippen LogP contribution in [0.5, 0.6) is 5.75 Å². The maximum Gasteiger partial charge on any atom is 0.232 e. The zero-order valence-electron chi connectivity index (χ0n) is 14.3. The molecule has 0 bridgehead atoms. The van der Waals surface area contributed by atoms with Crippen LogP contribution in [0.3, 0.4) is 0 Å². The predicted octanol–water partition coefficient (Wildman–Crippen LogP) is 2.88. The molecule has 0 radical (unpaired) electrons. The number of sulfonamides is 1. The van der Waals surface area contributed by atoms with Crippen molar-refractivity contribution in [1.82, 2.24) is 0 Å². The van der Waals surface area contributed by atoms with Crippen molar-refractivity contribution < 1.29 is 17.9 Å². The molecule has 6 nitrogen and oxygen atoms in total. The van der Waals surface area contributed by atoms with E-state index in [2.05, 4.69) is 5.32 Å². The third kappa shape index (κ3) is 5.49. The molecule has 2 aromatic carbocycles. The van der Waals surface area contributed by atoms with Gasteiger partial charge in [-0.2, -0.15) is 0 Å². The molecule has 25 heavy (non-hydrogen) atoms. The fraction of sp³-hybridized carbons (Fsp3) is 0.278. The van der Waals surface area contributed by atoms with Crippen LogP contribution in [0.1, 0.15) is 13.3 Å². The van der Waals surface area contributed by atoms with E-state index in [1.165, 1.54) is 4.31 Å². The predicted molar refractivity (Wildman–Crippen MR) is 99.5 cm³/mol. The summed E-state index contributed by atoms with van der Waals surface area (Å²) >= 11 is 0. The summed E-state index contributed by atoms with van der Waals surface area (Å²) in [4.78, 5) is 12.2. The summed E-state index contributed by atoms with van der Waals surface area (Å²) in [5, 5.41) is 2.77. The highest BCUT2D eigenvalue weighted by Crippen LogP contribution is 2.24. The largest absolute Gasteiger partial charge is 0.492 e. The van der Waals surface area contributed by atoms with Crippen molar-refractivity contribution >= 4 is 27.3 Å². The Balaban J connectivity index is 2.05. The molecule has 0 aliphatic rings. The molecular formula is C18H22N2O4S. The molecule has 0 atom stereocenters. The van der Waals surface area contributed by atoms with E-state index in [1.807, 2.05) is 13.0 Å². The summed E-state index contributed by atoms with van der Waals surface area (Å²) < 4.78 is 30.7. The first-order valence-electron chi connectivity index (χ1n) is 7.96. The third-order valence-corrected chi connectivity index (χ3v) is 4.64. The molecular weight excluding hydrogens is 340 g/mol. The standard InChI is InChI=1S/C18H22N2O4S/c1-3-24-17-12-8-7-11-16(17)19-18(21)13-14-20(25(2,22)23)15-9-5-4-6-10-15/h4-12H,3,13-14H2,1-2H3,(H,19,21). The molecule has 7 heteroatoms. The Labute approximate surface area is 148 Å². The molecule has 0 aromatic heterocycles. The summed E-state index contributed by atoms with van der Waals surface area (Å²) in [7, 11) is -3.47. The first-order chi connectivity index (χ1) is 11.9. The number of nitrogens with one attached hydrogen (secondary N) is 1. The van der Waals surface area contributed by atoms with Gasteiger partial charge in [0.15, 0.2) is 0 Å². The number of hydrogen-bond acceptors (Lipinski definition) is 4. The molecule has 1 N–H and O–H groups in total. The van der Waals surface area contributed by atoms with Gasteiger partial charge in [0.25, 0.3) is 0 Å². The van der Waals surface area contributed by atoms with Gasteiger partial charge in [-0.25, -0.2) is 8.42 Å². The topological polar surface area (TPSA) is 75.7 Å². The van der Waals surface area contributed by atoms with E-state index in [9.17, 15) is 13.2 Å². The maximum absolute atomic E-state index is 12.2. The minimum absolute atomic E-state index is 0.0302. The molecule has 134 valence electrons. The highest BCUT2D eigenvalue weighted by Gasteiger charge is 2.18. The molecule has 0 saturated carbocycles. The molecule has 0 fully saturated rings. The summed E-state index contributed by atoms with van der Waals surface area (Å²) in [6.07, 6.45) is 1.16. The normalized spacial score (nSPS) is 11.0. The van der Waals surface area contributed by atoms with Gasteiger partial charge in [0.05, 0.1) is 24.2 Å². The molecule has 0 saturated heterocycles. The lowest BCUT2D eigenvalue weighted by atomic mass is 10.2. The number of anilines is 2. The Morgan fingerprint density at radius 1 is 1.08 bits per heavy atom. The first kappa shape index (κ1) is 18.8. The van der Waals surface area contributed by atoms with Crippen molar-refractivity contribution in [3.8, 4) is 5.75 Å². The number of carbonyl (C=O) groups is 1. The zero-order chi connectivity index (χ0) is 18.3. The molecule has 2 rings (SSSR count). The van der Waals surface area contributed by atoms with Crippen LogP contribution in [0, 0.1) is 0 Å². The van der Waals surface area contributed by atoms with Gasteiger partial charge in [0.2, 0.25) is 15.9 Å². The zero-order valence-corrected chi connectivity index (χ0v) is 15.1. The lowest BCUT2D eigenvalue weighted by Crippen LogP contribution is -2.33. The summed E-state index contributed by atoms with van der Waals surface area (Å²) in [6, 6.07) is 15.8. The monoisotopic (exact) mass is 362 g/mol. The fourth-order valence-electron chi connectivity index (χ4n) is 2.35. The van der Waals surface area contributed by atoms with Gasteiger partial charge in [0, 0.05) is 13.0 Å². The number of amides is 1. The molecule has 1 amide bonds. The number of ether oxygens (including phenoxy) is 1. The lowest BCUT2D eigenvalue weighted by molar-refractivity contribution is -0.116. The van der Waals surface area contributed by atoms with E-state index in [0.717, 1.165) is 6.26 Å². The van der Waals surface area contributed by atoms with Crippen molar-refractivity contribution in [3.05, 3.63) is 54.6 Å². The van der Waals surface area contributed by atoms with Crippen LogP contribution in [0.2, 0.25) is 0 Å². The smallest absolute Gasteiger partial charge is 0.232 e. The van der Waals surface area contributed by atoms with Crippen molar-refractivity contribution in [2.45, 2.75) is 13.3 Å². The molecule has 2 aromatic rings. The van der Waals surface area contributed by atoms with Crippen LogP contribution in [0.4, 0.5) is 11.4 Å². The van der Waals surface area contributed by atoms with E-state index >= 15 is 0 Å². The number of para-hydroxylation sites is 3. The number of hydrogen-bond donors (Lipinski definition) is 1. The van der Waals surface area contributed by atoms with Crippen LogP contribution in [-0.4, -0.2) is 33.7 Å². The minimum Gasteiger partial charge on any atom is -0.492 e. The lowest BCUT2D eigenvalue weighted by Gasteiger charge is -2.22. The molecule has 0 aliphatic heterocycles. The summed E-state index contributed by atoms with van der Waals surface area (Å²) in [5.41, 5.74) is 1.10. The van der Waals surface area contributed by atoms with E-state index in [4.69, 9.17) is 4.74 Å². The molecule has 0 aliphatic carbocycles. The van der Waals surface area contributed by atoms with Gasteiger partial charge in [-0.15, -0.1) is 0 Å². The number of benzene rings is 2. The van der Waals surface area contributed by atoms with Gasteiger partial charge >= 0.3 is 0 Å². The van der Waals surface area contributed by atoms with Crippen LogP contribution in [0.15, 0.2) is 54.6 Å². The average Bonchev–Trinajstić information content (AvgIpc) is 2.57. The average molecular weight is 362 g/mol. The van der Waals surface area contributed by atoms with E-state index in [-0.39, 0.29) is 18.9 Å². The van der Waals surface area contributed by atoms with Gasteiger partial charge in [-0.05, 0) is 31.2 Å². The third-order valence-electron chi connectivity index (χ3n) is 3.45. The Hall–Kier alpha value is -2.54. The second-order valence-electron chi connectivity index (χ2n) is 5.40. The van der Waals surface area contributed by atoms with E-state index in [0.29, 0.717) is 23.7 Å². The van der Waals surface area contributed by atoms with E-state index in [1.54, 1.807) is 48.5 Å². The summed E-state index contributed by atoms with van der Waals surface area (Å²) in [5.74, 6) is 0.304. The van der Waals surface area contributed by atoms with Crippen molar-refractivity contribution in [2.24, 2.45) is 0 Å². The highest BCUT2D eigenvalue weighted by molar-refractivity contribution is 7.92. The Morgan fingerprint density at radius 3 is 2.36 bits per heavy atom. The highest BCUT2D eigenvalue weighted by atomic mass is 32.2. The number of rotatable bonds is 8. The molecule has 0 spiro atoms. The van der Waals surface area contributed by atoms with Crippen LogP contribution >= 0.6 is 0 Å². The Morgan fingerprint density at radius 2 is 1.72 bits per heavy atom. The van der Waals surface area contributed by atoms with Crippen molar-refractivity contribution in [1.29, 1.82) is 0 Å². The second-order valence-corrected chi connectivity index (χ2v) is 7.30. The van der Waals surface area contributed by atoms with Crippen LogP contribution in [0.25, 0.3) is 0 Å².